The Balaban J connectivity index is 2.16. The van der Waals surface area contributed by atoms with E-state index in [4.69, 9.17) is 17.3 Å². The number of carbonyl (C=O) groups excluding carboxylic acids is 2. The molecule has 6 heteroatoms. The molecule has 2 amide bonds. The maximum absolute atomic E-state index is 12.0. The highest BCUT2D eigenvalue weighted by atomic mass is 35.5. The number of amides is 2. The molecule has 2 aromatic rings. The van der Waals surface area contributed by atoms with Crippen LogP contribution >= 0.6 is 11.6 Å². The van der Waals surface area contributed by atoms with Gasteiger partial charge in [0.2, 0.25) is 5.91 Å². The minimum absolute atomic E-state index is 0.142. The summed E-state index contributed by atoms with van der Waals surface area (Å²) in [6.07, 6.45) is 0. The van der Waals surface area contributed by atoms with Crippen LogP contribution in [-0.2, 0) is 4.79 Å². The molecule has 4 N–H and O–H groups in total. The number of hydrogen-bond donors (Lipinski definition) is 3. The van der Waals surface area contributed by atoms with E-state index in [1.807, 2.05) is 6.07 Å². The van der Waals surface area contributed by atoms with E-state index in [9.17, 15) is 9.59 Å². The Kier molecular flexibility index (Phi) is 4.92. The lowest BCUT2D eigenvalue weighted by molar-refractivity contribution is -0.114. The third kappa shape index (κ3) is 4.05. The number of benzene rings is 2. The smallest absolute Gasteiger partial charge is 0.255 e. The van der Waals surface area contributed by atoms with Gasteiger partial charge in [0.1, 0.15) is 0 Å². The van der Waals surface area contributed by atoms with Gasteiger partial charge < -0.3 is 16.4 Å². The molecule has 0 saturated heterocycles. The summed E-state index contributed by atoms with van der Waals surface area (Å²) in [4.78, 5) is 23.3. The largest absolute Gasteiger partial charge is 0.324 e. The predicted octanol–water partition coefficient (Wildman–Crippen LogP) is 2.49. The van der Waals surface area contributed by atoms with E-state index in [0.29, 0.717) is 22.0 Å². The molecule has 0 saturated carbocycles. The number of carbonyl (C=O) groups is 2. The maximum atomic E-state index is 12.0. The van der Waals surface area contributed by atoms with Gasteiger partial charge in [0.15, 0.2) is 0 Å². The van der Waals surface area contributed by atoms with E-state index < -0.39 is 0 Å². The van der Waals surface area contributed by atoms with Crippen LogP contribution in [0.4, 0.5) is 11.4 Å². The van der Waals surface area contributed by atoms with E-state index in [0.717, 1.165) is 0 Å². The van der Waals surface area contributed by atoms with Gasteiger partial charge in [-0.2, -0.15) is 0 Å². The summed E-state index contributed by atoms with van der Waals surface area (Å²) in [5, 5.41) is 5.67. The summed E-state index contributed by atoms with van der Waals surface area (Å²) in [5.41, 5.74) is 6.71. The zero-order valence-corrected chi connectivity index (χ0v) is 11.9. The van der Waals surface area contributed by atoms with Crippen molar-refractivity contribution in [1.82, 2.24) is 0 Å². The van der Waals surface area contributed by atoms with Crippen molar-refractivity contribution >= 4 is 34.8 Å². The topological polar surface area (TPSA) is 84.2 Å². The third-order valence-electron chi connectivity index (χ3n) is 2.72. The average molecular weight is 304 g/mol. The predicted molar refractivity (Wildman–Crippen MR) is 83.5 cm³/mol. The summed E-state index contributed by atoms with van der Waals surface area (Å²) in [6.45, 7) is -0.142. The number of halogens is 1. The van der Waals surface area contributed by atoms with Crippen LogP contribution in [-0.4, -0.2) is 18.4 Å². The molecular formula is C15H14ClN3O2. The van der Waals surface area contributed by atoms with Crippen molar-refractivity contribution in [2.75, 3.05) is 17.2 Å². The number of nitrogens with two attached hydrogens (primary N) is 1. The van der Waals surface area contributed by atoms with Gasteiger partial charge >= 0.3 is 0 Å². The summed E-state index contributed by atoms with van der Waals surface area (Å²) in [7, 11) is 0. The van der Waals surface area contributed by atoms with Gasteiger partial charge in [-0.25, -0.2) is 0 Å². The van der Waals surface area contributed by atoms with Crippen LogP contribution < -0.4 is 16.4 Å². The van der Waals surface area contributed by atoms with Crippen molar-refractivity contribution in [3.63, 3.8) is 0 Å². The van der Waals surface area contributed by atoms with Gasteiger partial charge in [-0.1, -0.05) is 29.8 Å². The first-order chi connectivity index (χ1) is 10.1. The number of rotatable bonds is 4. The van der Waals surface area contributed by atoms with Gasteiger partial charge in [-0.15, -0.1) is 0 Å². The summed E-state index contributed by atoms with van der Waals surface area (Å²) >= 11 is 5.98. The maximum Gasteiger partial charge on any atom is 0.255 e. The van der Waals surface area contributed by atoms with Crippen molar-refractivity contribution in [2.45, 2.75) is 0 Å². The van der Waals surface area contributed by atoms with Crippen molar-refractivity contribution in [2.24, 2.45) is 5.73 Å². The Morgan fingerprint density at radius 3 is 2.43 bits per heavy atom. The molecule has 108 valence electrons. The van der Waals surface area contributed by atoms with Crippen LogP contribution in [0.25, 0.3) is 0 Å². The van der Waals surface area contributed by atoms with Gasteiger partial charge in [0.25, 0.3) is 5.91 Å². The van der Waals surface area contributed by atoms with E-state index >= 15 is 0 Å². The Bertz CT molecular complexity index is 659. The molecule has 0 atom stereocenters. The Morgan fingerprint density at radius 1 is 1.05 bits per heavy atom. The molecule has 0 radical (unpaired) electrons. The summed E-state index contributed by atoms with van der Waals surface area (Å²) in [5.74, 6) is -0.600. The quantitative estimate of drug-likeness (QED) is 0.811. The summed E-state index contributed by atoms with van der Waals surface area (Å²) < 4.78 is 0. The van der Waals surface area contributed by atoms with Crippen LogP contribution in [0.2, 0.25) is 5.02 Å². The second-order valence-corrected chi connectivity index (χ2v) is 4.67. The fourth-order valence-corrected chi connectivity index (χ4v) is 1.86. The summed E-state index contributed by atoms with van der Waals surface area (Å²) in [6, 6.07) is 13.6. The fourth-order valence-electron chi connectivity index (χ4n) is 1.69. The van der Waals surface area contributed by atoms with Gasteiger partial charge in [-0.05, 0) is 30.3 Å². The molecule has 0 aliphatic heterocycles. The SMILES string of the molecule is NCC(=O)Nc1cc(NC(=O)c2ccccc2)ccc1Cl. The molecule has 5 nitrogen and oxygen atoms in total. The van der Waals surface area contributed by atoms with E-state index in [1.54, 1.807) is 42.5 Å². The van der Waals surface area contributed by atoms with Crippen LogP contribution in [0.5, 0.6) is 0 Å². The molecule has 2 rings (SSSR count). The Morgan fingerprint density at radius 2 is 1.76 bits per heavy atom. The van der Waals surface area contributed by atoms with Crippen molar-refractivity contribution in [3.05, 3.63) is 59.1 Å². The van der Waals surface area contributed by atoms with E-state index in [-0.39, 0.29) is 18.4 Å². The first-order valence-electron chi connectivity index (χ1n) is 6.26. The molecule has 0 heterocycles. The fraction of sp³-hybridized carbons (Fsp3) is 0.0667. The van der Waals surface area contributed by atoms with Gasteiger partial charge in [0.05, 0.1) is 17.3 Å². The lowest BCUT2D eigenvalue weighted by atomic mass is 10.2. The molecule has 21 heavy (non-hydrogen) atoms. The molecule has 0 bridgehead atoms. The highest BCUT2D eigenvalue weighted by molar-refractivity contribution is 6.33. The van der Waals surface area contributed by atoms with Crippen LogP contribution in [0.15, 0.2) is 48.5 Å². The molecule has 0 spiro atoms. The van der Waals surface area contributed by atoms with Crippen LogP contribution in [0, 0.1) is 0 Å². The van der Waals surface area contributed by atoms with E-state index in [2.05, 4.69) is 10.6 Å². The number of nitrogens with one attached hydrogen (secondary N) is 2. The standard InChI is InChI=1S/C15H14ClN3O2/c16-12-7-6-11(8-13(12)19-14(20)9-17)18-15(21)10-4-2-1-3-5-10/h1-8H,9,17H2,(H,18,21)(H,19,20). The first kappa shape index (κ1) is 15.0. The molecule has 0 unspecified atom stereocenters. The second-order valence-electron chi connectivity index (χ2n) is 4.27. The molecule has 0 aromatic heterocycles. The average Bonchev–Trinajstić information content (AvgIpc) is 2.51. The normalized spacial score (nSPS) is 10.0. The number of anilines is 2. The van der Waals surface area contributed by atoms with Crippen LogP contribution in [0.3, 0.4) is 0 Å². The highest BCUT2D eigenvalue weighted by Crippen LogP contribution is 2.25. The molecular weight excluding hydrogens is 290 g/mol. The lowest BCUT2D eigenvalue weighted by Crippen LogP contribution is -2.22. The van der Waals surface area contributed by atoms with Gasteiger partial charge in [-0.3, -0.25) is 9.59 Å². The van der Waals surface area contributed by atoms with Crippen molar-refractivity contribution in [3.8, 4) is 0 Å². The minimum Gasteiger partial charge on any atom is -0.324 e. The van der Waals surface area contributed by atoms with Crippen molar-refractivity contribution < 1.29 is 9.59 Å². The molecule has 0 aliphatic carbocycles. The zero-order chi connectivity index (χ0) is 15.2. The first-order valence-corrected chi connectivity index (χ1v) is 6.64. The Labute approximate surface area is 127 Å². The van der Waals surface area contributed by atoms with Crippen molar-refractivity contribution in [1.29, 1.82) is 0 Å². The zero-order valence-electron chi connectivity index (χ0n) is 11.1. The lowest BCUT2D eigenvalue weighted by Gasteiger charge is -2.10. The molecule has 0 aliphatic rings. The monoisotopic (exact) mass is 303 g/mol. The Hall–Kier alpha value is -2.37. The molecule has 0 fully saturated rings. The van der Waals surface area contributed by atoms with Gasteiger partial charge in [0, 0.05) is 11.3 Å². The second kappa shape index (κ2) is 6.88. The highest BCUT2D eigenvalue weighted by Gasteiger charge is 2.09. The molecule has 2 aromatic carbocycles. The number of hydrogen-bond acceptors (Lipinski definition) is 3. The van der Waals surface area contributed by atoms with Crippen LogP contribution in [0.1, 0.15) is 10.4 Å². The third-order valence-corrected chi connectivity index (χ3v) is 3.05. The van der Waals surface area contributed by atoms with E-state index in [1.165, 1.54) is 0 Å². The minimum atomic E-state index is -0.358.